The summed E-state index contributed by atoms with van der Waals surface area (Å²) in [4.78, 5) is 23.4. The van der Waals surface area contributed by atoms with Crippen molar-refractivity contribution in [2.75, 3.05) is 13.2 Å². The van der Waals surface area contributed by atoms with Crippen LogP contribution in [0.25, 0.3) is 0 Å². The van der Waals surface area contributed by atoms with Crippen LogP contribution < -0.4 is 10.1 Å². The minimum absolute atomic E-state index is 0.217. The summed E-state index contributed by atoms with van der Waals surface area (Å²) in [5, 5.41) is 2.80. The van der Waals surface area contributed by atoms with E-state index in [-0.39, 0.29) is 24.7 Å². The Bertz CT molecular complexity index is 579. The highest BCUT2D eigenvalue weighted by Gasteiger charge is 2.18. The van der Waals surface area contributed by atoms with E-state index in [0.717, 1.165) is 12.0 Å². The summed E-state index contributed by atoms with van der Waals surface area (Å²) in [6.07, 6.45) is 0.793. The van der Waals surface area contributed by atoms with Crippen LogP contribution in [0, 0.1) is 6.92 Å². The van der Waals surface area contributed by atoms with Gasteiger partial charge in [-0.3, -0.25) is 4.79 Å². The SMILES string of the molecule is CCC(C)(C)NC(=O)COC(=O)COc1ccc(C(C)C)c(C)c1. The topological polar surface area (TPSA) is 64.6 Å². The van der Waals surface area contributed by atoms with E-state index in [1.165, 1.54) is 5.56 Å². The molecule has 0 saturated heterocycles. The smallest absolute Gasteiger partial charge is 0.344 e. The van der Waals surface area contributed by atoms with Crippen molar-refractivity contribution in [1.82, 2.24) is 5.32 Å². The highest BCUT2D eigenvalue weighted by Crippen LogP contribution is 2.23. The number of nitrogens with one attached hydrogen (secondary N) is 1. The average molecular weight is 335 g/mol. The Hall–Kier alpha value is -2.04. The van der Waals surface area contributed by atoms with Crippen LogP contribution in [0.1, 0.15) is 58.1 Å². The third kappa shape index (κ3) is 6.60. The number of carbonyl (C=O) groups excluding carboxylic acids is 2. The maximum absolute atomic E-state index is 11.7. The molecule has 0 atom stereocenters. The van der Waals surface area contributed by atoms with Crippen molar-refractivity contribution in [2.24, 2.45) is 0 Å². The second-order valence-corrected chi connectivity index (χ2v) is 6.91. The number of amides is 1. The van der Waals surface area contributed by atoms with Crippen LogP contribution in [0.2, 0.25) is 0 Å². The summed E-state index contributed by atoms with van der Waals surface area (Å²) in [5.41, 5.74) is 2.06. The molecule has 0 saturated carbocycles. The number of esters is 1. The first-order valence-electron chi connectivity index (χ1n) is 8.34. The molecule has 0 aliphatic carbocycles. The summed E-state index contributed by atoms with van der Waals surface area (Å²) >= 11 is 0. The van der Waals surface area contributed by atoms with Crippen molar-refractivity contribution >= 4 is 11.9 Å². The molecule has 1 aromatic carbocycles. The number of hydrogen-bond donors (Lipinski definition) is 1. The number of hydrogen-bond acceptors (Lipinski definition) is 4. The zero-order chi connectivity index (χ0) is 18.3. The van der Waals surface area contributed by atoms with Crippen LogP contribution in [0.5, 0.6) is 5.75 Å². The molecule has 0 bridgehead atoms. The largest absolute Gasteiger partial charge is 0.482 e. The summed E-state index contributed by atoms with van der Waals surface area (Å²) < 4.78 is 10.4. The Morgan fingerprint density at radius 3 is 2.42 bits per heavy atom. The van der Waals surface area contributed by atoms with Gasteiger partial charge in [-0.05, 0) is 56.4 Å². The molecule has 1 amide bonds. The van der Waals surface area contributed by atoms with Gasteiger partial charge in [0.15, 0.2) is 13.2 Å². The molecule has 0 unspecified atom stereocenters. The van der Waals surface area contributed by atoms with Crippen molar-refractivity contribution in [3.05, 3.63) is 29.3 Å². The van der Waals surface area contributed by atoms with Gasteiger partial charge < -0.3 is 14.8 Å². The lowest BCUT2D eigenvalue weighted by Crippen LogP contribution is -2.44. The van der Waals surface area contributed by atoms with E-state index >= 15 is 0 Å². The van der Waals surface area contributed by atoms with Gasteiger partial charge in [-0.2, -0.15) is 0 Å². The minimum Gasteiger partial charge on any atom is -0.482 e. The fraction of sp³-hybridized carbons (Fsp3) is 0.579. The third-order valence-electron chi connectivity index (χ3n) is 3.95. The van der Waals surface area contributed by atoms with Gasteiger partial charge in [0, 0.05) is 5.54 Å². The number of rotatable bonds is 8. The predicted octanol–water partition coefficient (Wildman–Crippen LogP) is 3.35. The van der Waals surface area contributed by atoms with E-state index < -0.39 is 5.97 Å². The van der Waals surface area contributed by atoms with Crippen LogP contribution in [0.4, 0.5) is 0 Å². The molecule has 5 nitrogen and oxygen atoms in total. The van der Waals surface area contributed by atoms with Gasteiger partial charge >= 0.3 is 5.97 Å². The summed E-state index contributed by atoms with van der Waals surface area (Å²) in [5.74, 6) is 0.178. The molecule has 24 heavy (non-hydrogen) atoms. The van der Waals surface area contributed by atoms with Crippen molar-refractivity contribution in [2.45, 2.75) is 59.4 Å². The Balaban J connectivity index is 2.41. The summed E-state index contributed by atoms with van der Waals surface area (Å²) in [6.45, 7) is 11.6. The summed E-state index contributed by atoms with van der Waals surface area (Å²) in [7, 11) is 0. The molecule has 0 spiro atoms. The van der Waals surface area contributed by atoms with E-state index in [0.29, 0.717) is 11.7 Å². The third-order valence-corrected chi connectivity index (χ3v) is 3.95. The average Bonchev–Trinajstić information content (AvgIpc) is 2.50. The van der Waals surface area contributed by atoms with E-state index in [1.807, 2.05) is 45.9 Å². The normalized spacial score (nSPS) is 11.3. The fourth-order valence-corrected chi connectivity index (χ4v) is 2.22. The molecule has 1 aromatic rings. The highest BCUT2D eigenvalue weighted by atomic mass is 16.6. The molecule has 0 aromatic heterocycles. The van der Waals surface area contributed by atoms with Crippen molar-refractivity contribution in [1.29, 1.82) is 0 Å². The van der Waals surface area contributed by atoms with Crippen LogP contribution >= 0.6 is 0 Å². The first-order valence-corrected chi connectivity index (χ1v) is 8.34. The van der Waals surface area contributed by atoms with Gasteiger partial charge in [-0.15, -0.1) is 0 Å². The Morgan fingerprint density at radius 2 is 1.88 bits per heavy atom. The lowest BCUT2D eigenvalue weighted by Gasteiger charge is -2.24. The lowest BCUT2D eigenvalue weighted by molar-refractivity contribution is -0.150. The van der Waals surface area contributed by atoms with Gasteiger partial charge in [0.05, 0.1) is 0 Å². The van der Waals surface area contributed by atoms with Gasteiger partial charge in [-0.25, -0.2) is 4.79 Å². The summed E-state index contributed by atoms with van der Waals surface area (Å²) in [6, 6.07) is 5.74. The number of ether oxygens (including phenoxy) is 2. The molecule has 0 radical (unpaired) electrons. The van der Waals surface area contributed by atoms with Gasteiger partial charge in [0.25, 0.3) is 5.91 Å². The first kappa shape index (κ1) is 20.0. The van der Waals surface area contributed by atoms with Crippen molar-refractivity contribution in [3.63, 3.8) is 0 Å². The molecular weight excluding hydrogens is 306 g/mol. The molecule has 0 heterocycles. The molecule has 134 valence electrons. The molecule has 1 N–H and O–H groups in total. The molecule has 0 aliphatic rings. The molecule has 1 rings (SSSR count). The Kier molecular flexibility index (Phi) is 7.26. The van der Waals surface area contributed by atoms with Crippen LogP contribution in [-0.2, 0) is 14.3 Å². The zero-order valence-electron chi connectivity index (χ0n) is 15.6. The van der Waals surface area contributed by atoms with Gasteiger partial charge in [0.2, 0.25) is 0 Å². The Labute approximate surface area is 144 Å². The second-order valence-electron chi connectivity index (χ2n) is 6.91. The zero-order valence-corrected chi connectivity index (χ0v) is 15.6. The van der Waals surface area contributed by atoms with Crippen molar-refractivity contribution in [3.8, 4) is 5.75 Å². The number of carbonyl (C=O) groups is 2. The predicted molar refractivity (Wildman–Crippen MR) is 94.2 cm³/mol. The quantitative estimate of drug-likeness (QED) is 0.740. The number of benzene rings is 1. The lowest BCUT2D eigenvalue weighted by atomic mass is 9.98. The van der Waals surface area contributed by atoms with Crippen molar-refractivity contribution < 1.29 is 19.1 Å². The van der Waals surface area contributed by atoms with Crippen LogP contribution in [0.3, 0.4) is 0 Å². The van der Waals surface area contributed by atoms with Gasteiger partial charge in [0.1, 0.15) is 5.75 Å². The monoisotopic (exact) mass is 335 g/mol. The maximum Gasteiger partial charge on any atom is 0.344 e. The molecule has 0 fully saturated rings. The Morgan fingerprint density at radius 1 is 1.21 bits per heavy atom. The maximum atomic E-state index is 11.7. The van der Waals surface area contributed by atoms with E-state index in [4.69, 9.17) is 9.47 Å². The van der Waals surface area contributed by atoms with Gasteiger partial charge in [-0.1, -0.05) is 26.8 Å². The standard InChI is InChI=1S/C19H29NO4/c1-7-19(5,6)20-17(21)11-24-18(22)12-23-15-8-9-16(13(2)3)14(4)10-15/h8-10,13H,7,11-12H2,1-6H3,(H,20,21). The molecule has 5 heteroatoms. The van der Waals surface area contributed by atoms with Crippen LogP contribution in [-0.4, -0.2) is 30.6 Å². The van der Waals surface area contributed by atoms with Crippen LogP contribution in [0.15, 0.2) is 18.2 Å². The fourth-order valence-electron chi connectivity index (χ4n) is 2.22. The molecular formula is C19H29NO4. The molecule has 0 aliphatic heterocycles. The van der Waals surface area contributed by atoms with E-state index in [9.17, 15) is 9.59 Å². The van der Waals surface area contributed by atoms with E-state index in [1.54, 1.807) is 0 Å². The first-order chi connectivity index (χ1) is 11.1. The highest BCUT2D eigenvalue weighted by molar-refractivity contribution is 5.81. The minimum atomic E-state index is -0.565. The number of aryl methyl sites for hydroxylation is 1. The second kappa shape index (κ2) is 8.71. The van der Waals surface area contributed by atoms with E-state index in [2.05, 4.69) is 19.2 Å².